The van der Waals surface area contributed by atoms with Crippen LogP contribution in [0, 0.1) is 13.8 Å². The minimum absolute atomic E-state index is 0.321. The molecule has 96 valence electrons. The maximum absolute atomic E-state index is 12.1. The van der Waals surface area contributed by atoms with Crippen LogP contribution in [-0.2, 0) is 6.54 Å². The molecule has 1 aromatic rings. The van der Waals surface area contributed by atoms with Crippen LogP contribution in [0.4, 0.5) is 13.2 Å². The van der Waals surface area contributed by atoms with E-state index < -0.39 is 12.8 Å². The first-order chi connectivity index (χ1) is 7.83. The molecule has 1 rings (SSSR count). The molecular formula is C12H16F3NO. The first-order valence-electron chi connectivity index (χ1n) is 5.28. The first-order valence-corrected chi connectivity index (χ1v) is 5.28. The van der Waals surface area contributed by atoms with Crippen molar-refractivity contribution in [2.24, 2.45) is 0 Å². The van der Waals surface area contributed by atoms with Gasteiger partial charge < -0.3 is 10.1 Å². The predicted molar refractivity (Wildman–Crippen MR) is 60.2 cm³/mol. The van der Waals surface area contributed by atoms with Gasteiger partial charge in [-0.1, -0.05) is 12.1 Å². The third kappa shape index (κ3) is 4.26. The third-order valence-corrected chi connectivity index (χ3v) is 2.28. The Morgan fingerprint density at radius 1 is 1.18 bits per heavy atom. The van der Waals surface area contributed by atoms with Crippen molar-refractivity contribution < 1.29 is 17.9 Å². The molecule has 1 N–H and O–H groups in total. The number of ether oxygens (including phenoxy) is 1. The molecule has 0 saturated carbocycles. The van der Waals surface area contributed by atoms with Gasteiger partial charge in [-0.05, 0) is 37.6 Å². The molecular weight excluding hydrogens is 231 g/mol. The van der Waals surface area contributed by atoms with Crippen LogP contribution < -0.4 is 10.1 Å². The van der Waals surface area contributed by atoms with Crippen LogP contribution in [0.25, 0.3) is 0 Å². The zero-order chi connectivity index (χ0) is 13.1. The van der Waals surface area contributed by atoms with Crippen LogP contribution in [-0.4, -0.2) is 19.8 Å². The largest absolute Gasteiger partial charge is 0.484 e. The Balaban J connectivity index is 2.86. The van der Waals surface area contributed by atoms with Crippen LogP contribution in [0.2, 0.25) is 0 Å². The topological polar surface area (TPSA) is 21.3 Å². The predicted octanol–water partition coefficient (Wildman–Crippen LogP) is 2.96. The number of halogens is 3. The molecule has 0 aromatic heterocycles. The van der Waals surface area contributed by atoms with Crippen molar-refractivity contribution in [2.75, 3.05) is 13.7 Å². The van der Waals surface area contributed by atoms with E-state index in [4.69, 9.17) is 4.74 Å². The fraction of sp³-hybridized carbons (Fsp3) is 0.500. The molecule has 0 amide bonds. The van der Waals surface area contributed by atoms with E-state index >= 15 is 0 Å². The highest BCUT2D eigenvalue weighted by atomic mass is 19.4. The number of benzene rings is 1. The first kappa shape index (κ1) is 13.8. The number of aryl methyl sites for hydroxylation is 2. The number of hydrogen-bond donors (Lipinski definition) is 1. The van der Waals surface area contributed by atoms with Gasteiger partial charge in [-0.15, -0.1) is 0 Å². The van der Waals surface area contributed by atoms with Gasteiger partial charge in [-0.2, -0.15) is 13.2 Å². The maximum Gasteiger partial charge on any atom is 0.422 e. The minimum Gasteiger partial charge on any atom is -0.484 e. The molecule has 0 aliphatic heterocycles. The molecule has 0 aliphatic rings. The lowest BCUT2D eigenvalue weighted by Crippen LogP contribution is -2.20. The van der Waals surface area contributed by atoms with Crippen LogP contribution in [0.15, 0.2) is 12.1 Å². The molecule has 0 radical (unpaired) electrons. The van der Waals surface area contributed by atoms with Crippen molar-refractivity contribution in [3.63, 3.8) is 0 Å². The molecule has 0 unspecified atom stereocenters. The van der Waals surface area contributed by atoms with E-state index in [2.05, 4.69) is 5.32 Å². The number of hydrogen-bond acceptors (Lipinski definition) is 2. The van der Waals surface area contributed by atoms with Gasteiger partial charge in [-0.25, -0.2) is 0 Å². The van der Waals surface area contributed by atoms with Gasteiger partial charge in [0, 0.05) is 6.54 Å². The smallest absolute Gasteiger partial charge is 0.422 e. The highest BCUT2D eigenvalue weighted by Crippen LogP contribution is 2.27. The average molecular weight is 247 g/mol. The maximum atomic E-state index is 12.1. The summed E-state index contributed by atoms with van der Waals surface area (Å²) in [5, 5.41) is 2.99. The summed E-state index contributed by atoms with van der Waals surface area (Å²) in [6.07, 6.45) is -4.30. The summed E-state index contributed by atoms with van der Waals surface area (Å²) in [7, 11) is 1.82. The summed E-state index contributed by atoms with van der Waals surface area (Å²) < 4.78 is 41.0. The summed E-state index contributed by atoms with van der Waals surface area (Å²) in [6, 6.07) is 3.66. The molecule has 0 fully saturated rings. The summed E-state index contributed by atoms with van der Waals surface area (Å²) in [6.45, 7) is 2.93. The number of rotatable bonds is 4. The van der Waals surface area contributed by atoms with Gasteiger partial charge in [0.1, 0.15) is 5.75 Å². The molecule has 0 bridgehead atoms. The normalized spacial score (nSPS) is 11.6. The van der Waals surface area contributed by atoms with Crippen molar-refractivity contribution >= 4 is 0 Å². The Hall–Kier alpha value is -1.23. The highest BCUT2D eigenvalue weighted by Gasteiger charge is 2.29. The van der Waals surface area contributed by atoms with Crippen LogP contribution in [0.3, 0.4) is 0 Å². The minimum atomic E-state index is -4.30. The van der Waals surface area contributed by atoms with E-state index in [9.17, 15) is 13.2 Å². The fourth-order valence-electron chi connectivity index (χ4n) is 1.73. The van der Waals surface area contributed by atoms with E-state index in [-0.39, 0.29) is 0 Å². The van der Waals surface area contributed by atoms with Crippen LogP contribution in [0.5, 0.6) is 5.75 Å². The number of nitrogens with one attached hydrogen (secondary N) is 1. The van der Waals surface area contributed by atoms with Gasteiger partial charge in [-0.3, -0.25) is 0 Å². The SMILES string of the molecule is CNCc1cc(C)c(OCC(F)(F)F)c(C)c1. The molecule has 0 atom stereocenters. The van der Waals surface area contributed by atoms with E-state index in [1.54, 1.807) is 13.8 Å². The molecule has 0 heterocycles. The van der Waals surface area contributed by atoms with Crippen molar-refractivity contribution in [3.05, 3.63) is 28.8 Å². The Kier molecular flexibility index (Phi) is 4.40. The van der Waals surface area contributed by atoms with Gasteiger partial charge >= 0.3 is 6.18 Å². The molecule has 1 aromatic carbocycles. The Morgan fingerprint density at radius 2 is 1.71 bits per heavy atom. The van der Waals surface area contributed by atoms with Crippen molar-refractivity contribution in [1.82, 2.24) is 5.32 Å². The van der Waals surface area contributed by atoms with E-state index in [1.807, 2.05) is 19.2 Å². The zero-order valence-electron chi connectivity index (χ0n) is 10.1. The van der Waals surface area contributed by atoms with E-state index in [0.29, 0.717) is 12.3 Å². The van der Waals surface area contributed by atoms with E-state index in [0.717, 1.165) is 16.7 Å². The standard InChI is InChI=1S/C12H16F3NO/c1-8-4-10(6-16-3)5-9(2)11(8)17-7-12(13,14)15/h4-5,16H,6-7H2,1-3H3. The summed E-state index contributed by atoms with van der Waals surface area (Å²) in [5.74, 6) is 0.321. The van der Waals surface area contributed by atoms with Gasteiger partial charge in [0.15, 0.2) is 6.61 Å². The number of alkyl halides is 3. The fourth-order valence-corrected chi connectivity index (χ4v) is 1.73. The Labute approximate surface area is 98.8 Å². The lowest BCUT2D eigenvalue weighted by atomic mass is 10.1. The molecule has 0 saturated heterocycles. The van der Waals surface area contributed by atoms with Crippen molar-refractivity contribution in [1.29, 1.82) is 0 Å². The average Bonchev–Trinajstić information content (AvgIpc) is 2.14. The molecule has 17 heavy (non-hydrogen) atoms. The van der Waals surface area contributed by atoms with Gasteiger partial charge in [0.2, 0.25) is 0 Å². The van der Waals surface area contributed by atoms with Crippen LogP contribution >= 0.6 is 0 Å². The second kappa shape index (κ2) is 5.40. The highest BCUT2D eigenvalue weighted by molar-refractivity contribution is 5.43. The van der Waals surface area contributed by atoms with Crippen LogP contribution in [0.1, 0.15) is 16.7 Å². The third-order valence-electron chi connectivity index (χ3n) is 2.28. The second-order valence-electron chi connectivity index (χ2n) is 3.99. The quantitative estimate of drug-likeness (QED) is 0.883. The molecule has 0 spiro atoms. The van der Waals surface area contributed by atoms with Crippen molar-refractivity contribution in [3.8, 4) is 5.75 Å². The van der Waals surface area contributed by atoms with E-state index in [1.165, 1.54) is 0 Å². The zero-order valence-corrected chi connectivity index (χ0v) is 10.1. The Morgan fingerprint density at radius 3 is 2.12 bits per heavy atom. The van der Waals surface area contributed by atoms with Crippen molar-refractivity contribution in [2.45, 2.75) is 26.6 Å². The lowest BCUT2D eigenvalue weighted by molar-refractivity contribution is -0.153. The molecule has 5 heteroatoms. The second-order valence-corrected chi connectivity index (χ2v) is 3.99. The molecule has 2 nitrogen and oxygen atoms in total. The summed E-state index contributed by atoms with van der Waals surface area (Å²) in [5.41, 5.74) is 2.47. The van der Waals surface area contributed by atoms with Gasteiger partial charge in [0.05, 0.1) is 0 Å². The monoisotopic (exact) mass is 247 g/mol. The van der Waals surface area contributed by atoms with Gasteiger partial charge in [0.25, 0.3) is 0 Å². The summed E-state index contributed by atoms with van der Waals surface area (Å²) >= 11 is 0. The molecule has 0 aliphatic carbocycles. The Bertz CT molecular complexity index is 365. The summed E-state index contributed by atoms with van der Waals surface area (Å²) in [4.78, 5) is 0. The lowest BCUT2D eigenvalue weighted by Gasteiger charge is -2.15.